The smallest absolute Gasteiger partial charge is 0.231 e. The zero-order valence-electron chi connectivity index (χ0n) is 13.4. The van der Waals surface area contributed by atoms with E-state index in [4.69, 9.17) is 0 Å². The molecule has 0 unspecified atom stereocenters. The van der Waals surface area contributed by atoms with Crippen LogP contribution in [0.3, 0.4) is 0 Å². The molecule has 1 atom stereocenters. The van der Waals surface area contributed by atoms with Crippen LogP contribution in [0.2, 0.25) is 0 Å². The summed E-state index contributed by atoms with van der Waals surface area (Å²) in [5, 5.41) is 11.4. The Morgan fingerprint density at radius 2 is 1.96 bits per heavy atom. The normalized spacial score (nSPS) is 12.0. The Balaban J connectivity index is 1.90. The second-order valence-corrected chi connectivity index (χ2v) is 6.24. The Hall–Kier alpha value is -2.15. The molecule has 1 aromatic carbocycles. The number of aromatic nitrogens is 3. The second kappa shape index (κ2) is 7.92. The minimum absolute atomic E-state index is 0.0540. The van der Waals surface area contributed by atoms with Gasteiger partial charge in [0.25, 0.3) is 0 Å². The van der Waals surface area contributed by atoms with Crippen LogP contribution < -0.4 is 5.32 Å². The fraction of sp³-hybridized carbons (Fsp3) is 0.375. The lowest BCUT2D eigenvalue weighted by Crippen LogP contribution is -2.42. The summed E-state index contributed by atoms with van der Waals surface area (Å²) in [6, 6.07) is 9.14. The van der Waals surface area contributed by atoms with E-state index in [2.05, 4.69) is 15.5 Å². The minimum Gasteiger partial charge on any atom is -0.345 e. The monoisotopic (exact) mass is 332 g/mol. The van der Waals surface area contributed by atoms with Crippen molar-refractivity contribution in [2.24, 2.45) is 7.05 Å². The van der Waals surface area contributed by atoms with Gasteiger partial charge in [-0.15, -0.1) is 10.2 Å². The number of Topliss-reactive ketones (excluding diaryl/α,β-unsaturated/α-hetero) is 1. The van der Waals surface area contributed by atoms with Crippen molar-refractivity contribution in [2.75, 3.05) is 5.75 Å². The van der Waals surface area contributed by atoms with Gasteiger partial charge in [-0.1, -0.05) is 42.1 Å². The molecule has 6 nitrogen and oxygen atoms in total. The number of hydrogen-bond donors (Lipinski definition) is 1. The number of benzene rings is 1. The highest BCUT2D eigenvalue weighted by Crippen LogP contribution is 2.15. The molecule has 1 amide bonds. The first-order valence-corrected chi connectivity index (χ1v) is 8.28. The highest BCUT2D eigenvalue weighted by Gasteiger charge is 2.18. The van der Waals surface area contributed by atoms with Crippen LogP contribution in [0.5, 0.6) is 0 Å². The molecule has 1 heterocycles. The lowest BCUT2D eigenvalue weighted by atomic mass is 10.0. The predicted molar refractivity (Wildman–Crippen MR) is 89.2 cm³/mol. The average Bonchev–Trinajstić information content (AvgIpc) is 2.85. The van der Waals surface area contributed by atoms with Crippen molar-refractivity contribution in [1.82, 2.24) is 20.1 Å². The molecule has 7 heteroatoms. The van der Waals surface area contributed by atoms with Crippen LogP contribution in [0.1, 0.15) is 18.3 Å². The molecule has 0 aliphatic heterocycles. The minimum atomic E-state index is -0.508. The largest absolute Gasteiger partial charge is 0.345 e. The Kier molecular flexibility index (Phi) is 5.92. The number of amides is 1. The van der Waals surface area contributed by atoms with Gasteiger partial charge in [-0.3, -0.25) is 9.59 Å². The van der Waals surface area contributed by atoms with Gasteiger partial charge < -0.3 is 9.88 Å². The summed E-state index contributed by atoms with van der Waals surface area (Å²) in [6.45, 7) is 3.34. The SMILES string of the molecule is CC(=O)[C@@H](Cc1ccccc1)NC(=O)CSc1nnc(C)n1C. The summed E-state index contributed by atoms with van der Waals surface area (Å²) in [4.78, 5) is 23.9. The molecule has 0 aliphatic carbocycles. The lowest BCUT2D eigenvalue weighted by Gasteiger charge is -2.16. The number of nitrogens with one attached hydrogen (secondary N) is 1. The Labute approximate surface area is 139 Å². The van der Waals surface area contributed by atoms with Crippen LogP contribution in [-0.2, 0) is 23.1 Å². The molecular formula is C16H20N4O2S. The van der Waals surface area contributed by atoms with Gasteiger partial charge in [0, 0.05) is 7.05 Å². The van der Waals surface area contributed by atoms with Gasteiger partial charge in [0.15, 0.2) is 10.9 Å². The fourth-order valence-electron chi connectivity index (χ4n) is 2.03. The molecule has 0 spiro atoms. The summed E-state index contributed by atoms with van der Waals surface area (Å²) < 4.78 is 1.82. The van der Waals surface area contributed by atoms with Crippen molar-refractivity contribution >= 4 is 23.5 Å². The lowest BCUT2D eigenvalue weighted by molar-refractivity contribution is -0.125. The highest BCUT2D eigenvalue weighted by atomic mass is 32.2. The number of carbonyl (C=O) groups excluding carboxylic acids is 2. The van der Waals surface area contributed by atoms with Crippen LogP contribution >= 0.6 is 11.8 Å². The highest BCUT2D eigenvalue weighted by molar-refractivity contribution is 7.99. The van der Waals surface area contributed by atoms with E-state index in [0.29, 0.717) is 11.6 Å². The Morgan fingerprint density at radius 1 is 1.26 bits per heavy atom. The first-order chi connectivity index (χ1) is 11.0. The maximum absolute atomic E-state index is 12.1. The average molecular weight is 332 g/mol. The quantitative estimate of drug-likeness (QED) is 0.778. The van der Waals surface area contributed by atoms with E-state index >= 15 is 0 Å². The summed E-state index contributed by atoms with van der Waals surface area (Å²) in [6.07, 6.45) is 0.496. The number of carbonyl (C=O) groups is 2. The number of rotatable bonds is 7. The van der Waals surface area contributed by atoms with E-state index in [0.717, 1.165) is 11.4 Å². The molecule has 1 aromatic heterocycles. The van der Waals surface area contributed by atoms with Gasteiger partial charge >= 0.3 is 0 Å². The summed E-state index contributed by atoms with van der Waals surface area (Å²) in [5.41, 5.74) is 1.02. The van der Waals surface area contributed by atoms with Crippen molar-refractivity contribution < 1.29 is 9.59 Å². The molecule has 0 bridgehead atoms. The number of aryl methyl sites for hydroxylation is 1. The molecule has 1 N–H and O–H groups in total. The maximum Gasteiger partial charge on any atom is 0.231 e. The third kappa shape index (κ3) is 4.92. The van der Waals surface area contributed by atoms with E-state index in [1.807, 2.05) is 48.9 Å². The van der Waals surface area contributed by atoms with Crippen LogP contribution in [-0.4, -0.2) is 38.2 Å². The van der Waals surface area contributed by atoms with E-state index in [1.165, 1.54) is 18.7 Å². The molecule has 0 saturated heterocycles. The third-order valence-corrected chi connectivity index (χ3v) is 4.51. The standard InChI is InChI=1S/C16H20N4O2S/c1-11(21)14(9-13-7-5-4-6-8-13)17-15(22)10-23-16-19-18-12(2)20(16)3/h4-8,14H,9-10H2,1-3H3,(H,17,22)/t14-/m1/s1. The fourth-order valence-corrected chi connectivity index (χ4v) is 2.79. The van der Waals surface area contributed by atoms with Gasteiger partial charge in [0.2, 0.25) is 5.91 Å². The predicted octanol–water partition coefficient (Wildman–Crippen LogP) is 1.53. The maximum atomic E-state index is 12.1. The van der Waals surface area contributed by atoms with Gasteiger partial charge in [0.05, 0.1) is 11.8 Å². The molecule has 23 heavy (non-hydrogen) atoms. The molecule has 0 aliphatic rings. The molecule has 0 fully saturated rings. The van der Waals surface area contributed by atoms with Gasteiger partial charge in [0.1, 0.15) is 5.82 Å². The van der Waals surface area contributed by atoms with E-state index in [1.54, 1.807) is 0 Å². The van der Waals surface area contributed by atoms with Crippen molar-refractivity contribution in [1.29, 1.82) is 0 Å². The second-order valence-electron chi connectivity index (χ2n) is 5.30. The number of thioether (sulfide) groups is 1. The number of hydrogen-bond acceptors (Lipinski definition) is 5. The molecule has 0 radical (unpaired) electrons. The van der Waals surface area contributed by atoms with Crippen LogP contribution in [0.4, 0.5) is 0 Å². The van der Waals surface area contributed by atoms with Gasteiger partial charge in [-0.25, -0.2) is 0 Å². The van der Waals surface area contributed by atoms with Gasteiger partial charge in [-0.05, 0) is 25.8 Å². The van der Waals surface area contributed by atoms with Crippen LogP contribution in [0.15, 0.2) is 35.5 Å². The van der Waals surface area contributed by atoms with Gasteiger partial charge in [-0.2, -0.15) is 0 Å². The van der Waals surface area contributed by atoms with E-state index < -0.39 is 6.04 Å². The van der Waals surface area contributed by atoms with Crippen molar-refractivity contribution in [3.63, 3.8) is 0 Å². The molecule has 2 aromatic rings. The van der Waals surface area contributed by atoms with Crippen LogP contribution in [0, 0.1) is 6.92 Å². The topological polar surface area (TPSA) is 76.9 Å². The zero-order valence-corrected chi connectivity index (χ0v) is 14.3. The first kappa shape index (κ1) is 17.2. The Bertz CT molecular complexity index is 685. The zero-order chi connectivity index (χ0) is 16.8. The number of nitrogens with zero attached hydrogens (tertiary/aromatic N) is 3. The summed E-state index contributed by atoms with van der Waals surface area (Å²) >= 11 is 1.30. The van der Waals surface area contributed by atoms with Crippen molar-refractivity contribution in [3.8, 4) is 0 Å². The van der Waals surface area contributed by atoms with Crippen LogP contribution in [0.25, 0.3) is 0 Å². The third-order valence-electron chi connectivity index (χ3n) is 3.49. The summed E-state index contributed by atoms with van der Waals surface area (Å²) in [5.74, 6) is 0.747. The first-order valence-electron chi connectivity index (χ1n) is 7.30. The number of ketones is 1. The van der Waals surface area contributed by atoms with E-state index in [-0.39, 0.29) is 17.4 Å². The molecule has 0 saturated carbocycles. The Morgan fingerprint density at radius 3 is 2.52 bits per heavy atom. The van der Waals surface area contributed by atoms with E-state index in [9.17, 15) is 9.59 Å². The summed E-state index contributed by atoms with van der Waals surface area (Å²) in [7, 11) is 1.85. The van der Waals surface area contributed by atoms with Crippen molar-refractivity contribution in [3.05, 3.63) is 41.7 Å². The molecule has 2 rings (SSSR count). The molecular weight excluding hydrogens is 312 g/mol. The van der Waals surface area contributed by atoms with Crippen molar-refractivity contribution in [2.45, 2.75) is 31.5 Å². The molecule has 122 valence electrons.